The Morgan fingerprint density at radius 2 is 1.53 bits per heavy atom. The highest BCUT2D eigenvalue weighted by Crippen LogP contribution is 2.12. The minimum Gasteiger partial charge on any atom is -0.381 e. The molecule has 0 spiro atoms. The van der Waals surface area contributed by atoms with Crippen LogP contribution >= 0.6 is 12.4 Å². The summed E-state index contributed by atoms with van der Waals surface area (Å²) in [5.74, 6) is -0.520. The second kappa shape index (κ2) is 6.21. The van der Waals surface area contributed by atoms with E-state index in [1.54, 1.807) is 30.3 Å². The molecule has 2 aromatic carbocycles. The van der Waals surface area contributed by atoms with Crippen molar-refractivity contribution in [3.05, 3.63) is 65.7 Å². The largest absolute Gasteiger partial charge is 0.381 e. The number of hydrogen-bond donors (Lipinski definition) is 1. The van der Waals surface area contributed by atoms with Crippen molar-refractivity contribution < 1.29 is 8.78 Å². The molecule has 0 bridgehead atoms. The van der Waals surface area contributed by atoms with Crippen LogP contribution in [0.1, 0.15) is 5.56 Å². The van der Waals surface area contributed by atoms with Crippen LogP contribution in [0.3, 0.4) is 0 Å². The first kappa shape index (κ1) is 13.5. The van der Waals surface area contributed by atoms with E-state index in [1.165, 1.54) is 18.2 Å². The van der Waals surface area contributed by atoms with Gasteiger partial charge < -0.3 is 5.32 Å². The van der Waals surface area contributed by atoms with Gasteiger partial charge in [0.05, 0.1) is 0 Å². The average molecular weight is 256 g/mol. The molecule has 17 heavy (non-hydrogen) atoms. The summed E-state index contributed by atoms with van der Waals surface area (Å²) in [6.45, 7) is 0.387. The summed E-state index contributed by atoms with van der Waals surface area (Å²) < 4.78 is 25.9. The van der Waals surface area contributed by atoms with Crippen LogP contribution in [0.4, 0.5) is 14.5 Å². The molecule has 0 fully saturated rings. The molecular weight excluding hydrogens is 244 g/mol. The molecule has 0 heterocycles. The number of benzene rings is 2. The maximum atomic E-state index is 13.3. The standard InChI is InChI=1S/C13H11F2N.ClH/c14-11-5-7-12(8-6-11)16-9-10-3-1-2-4-13(10)15;/h1-8,16H,9H2;1H. The summed E-state index contributed by atoms with van der Waals surface area (Å²) >= 11 is 0. The van der Waals surface area contributed by atoms with Gasteiger partial charge in [0.1, 0.15) is 11.6 Å². The molecule has 1 nitrogen and oxygen atoms in total. The Balaban J connectivity index is 0.00000144. The highest BCUT2D eigenvalue weighted by molar-refractivity contribution is 5.85. The molecule has 0 radical (unpaired) electrons. The maximum absolute atomic E-state index is 13.3. The van der Waals surface area contributed by atoms with Gasteiger partial charge in [-0.3, -0.25) is 0 Å². The van der Waals surface area contributed by atoms with Crippen LogP contribution in [0.25, 0.3) is 0 Å². The molecule has 2 rings (SSSR count). The molecule has 90 valence electrons. The summed E-state index contributed by atoms with van der Waals surface area (Å²) in [6, 6.07) is 12.5. The number of nitrogens with one attached hydrogen (secondary N) is 1. The molecule has 0 amide bonds. The minimum atomic E-state index is -0.281. The lowest BCUT2D eigenvalue weighted by Gasteiger charge is -2.06. The normalized spacial score (nSPS) is 9.53. The summed E-state index contributed by atoms with van der Waals surface area (Å²) in [4.78, 5) is 0. The van der Waals surface area contributed by atoms with Crippen molar-refractivity contribution in [1.29, 1.82) is 0 Å². The fourth-order valence-electron chi connectivity index (χ4n) is 1.41. The predicted molar refractivity (Wildman–Crippen MR) is 67.4 cm³/mol. The van der Waals surface area contributed by atoms with Gasteiger partial charge in [-0.1, -0.05) is 18.2 Å². The lowest BCUT2D eigenvalue weighted by molar-refractivity contribution is 0.613. The first-order valence-corrected chi connectivity index (χ1v) is 4.98. The Hall–Kier alpha value is -1.61. The average Bonchev–Trinajstić information content (AvgIpc) is 2.30. The number of anilines is 1. The Kier molecular flexibility index (Phi) is 4.91. The van der Waals surface area contributed by atoms with Crippen molar-refractivity contribution in [1.82, 2.24) is 0 Å². The Morgan fingerprint density at radius 1 is 0.882 bits per heavy atom. The smallest absolute Gasteiger partial charge is 0.128 e. The topological polar surface area (TPSA) is 12.0 Å². The SMILES string of the molecule is Cl.Fc1ccc(NCc2ccccc2F)cc1. The van der Waals surface area contributed by atoms with Gasteiger partial charge in [-0.25, -0.2) is 8.78 Å². The van der Waals surface area contributed by atoms with Crippen molar-refractivity contribution in [2.75, 3.05) is 5.32 Å². The fraction of sp³-hybridized carbons (Fsp3) is 0.0769. The van der Waals surface area contributed by atoms with Gasteiger partial charge >= 0.3 is 0 Å². The van der Waals surface area contributed by atoms with Crippen molar-refractivity contribution >= 4 is 18.1 Å². The maximum Gasteiger partial charge on any atom is 0.128 e. The van der Waals surface area contributed by atoms with E-state index in [9.17, 15) is 8.78 Å². The van der Waals surface area contributed by atoms with Gasteiger partial charge in [0.15, 0.2) is 0 Å². The van der Waals surface area contributed by atoms with Crippen LogP contribution in [0, 0.1) is 11.6 Å². The van der Waals surface area contributed by atoms with E-state index >= 15 is 0 Å². The molecular formula is C13H12ClF2N. The monoisotopic (exact) mass is 255 g/mol. The van der Waals surface area contributed by atoms with Crippen molar-refractivity contribution in [2.24, 2.45) is 0 Å². The third kappa shape index (κ3) is 3.71. The van der Waals surface area contributed by atoms with E-state index in [-0.39, 0.29) is 24.0 Å². The highest BCUT2D eigenvalue weighted by atomic mass is 35.5. The zero-order chi connectivity index (χ0) is 11.4. The van der Waals surface area contributed by atoms with Crippen LogP contribution in [0.2, 0.25) is 0 Å². The molecule has 0 aliphatic carbocycles. The predicted octanol–water partition coefficient (Wildman–Crippen LogP) is 4.00. The molecule has 0 saturated heterocycles. The fourth-order valence-corrected chi connectivity index (χ4v) is 1.41. The molecule has 2 aromatic rings. The quantitative estimate of drug-likeness (QED) is 0.874. The van der Waals surface area contributed by atoms with Crippen LogP contribution in [0.5, 0.6) is 0 Å². The van der Waals surface area contributed by atoms with E-state index in [0.717, 1.165) is 5.69 Å². The van der Waals surface area contributed by atoms with Gasteiger partial charge in [0, 0.05) is 17.8 Å². The third-order valence-corrected chi connectivity index (χ3v) is 2.29. The molecule has 0 saturated carbocycles. The second-order valence-corrected chi connectivity index (χ2v) is 3.45. The molecule has 0 aliphatic heterocycles. The lowest BCUT2D eigenvalue weighted by Crippen LogP contribution is -2.01. The number of hydrogen-bond acceptors (Lipinski definition) is 1. The van der Waals surface area contributed by atoms with E-state index in [4.69, 9.17) is 0 Å². The van der Waals surface area contributed by atoms with E-state index in [2.05, 4.69) is 5.32 Å². The zero-order valence-corrected chi connectivity index (χ0v) is 9.81. The Labute approximate surface area is 105 Å². The highest BCUT2D eigenvalue weighted by Gasteiger charge is 1.99. The van der Waals surface area contributed by atoms with Gasteiger partial charge in [-0.2, -0.15) is 0 Å². The van der Waals surface area contributed by atoms with Crippen LogP contribution in [-0.4, -0.2) is 0 Å². The van der Waals surface area contributed by atoms with Gasteiger partial charge in [-0.05, 0) is 30.3 Å². The van der Waals surface area contributed by atoms with Crippen LogP contribution < -0.4 is 5.32 Å². The van der Waals surface area contributed by atoms with Crippen LogP contribution in [0.15, 0.2) is 48.5 Å². The van der Waals surface area contributed by atoms with Crippen molar-refractivity contribution in [2.45, 2.75) is 6.54 Å². The Morgan fingerprint density at radius 3 is 2.18 bits per heavy atom. The molecule has 1 N–H and O–H groups in total. The summed E-state index contributed by atoms with van der Waals surface area (Å²) in [7, 11) is 0. The van der Waals surface area contributed by atoms with Crippen LogP contribution in [-0.2, 0) is 6.54 Å². The first-order chi connectivity index (χ1) is 7.75. The van der Waals surface area contributed by atoms with E-state index in [1.807, 2.05) is 0 Å². The molecule has 4 heteroatoms. The summed E-state index contributed by atoms with van der Waals surface area (Å²) in [5, 5.41) is 3.02. The Bertz CT molecular complexity index is 471. The number of halogens is 3. The van der Waals surface area contributed by atoms with E-state index < -0.39 is 0 Å². The van der Waals surface area contributed by atoms with Crippen molar-refractivity contribution in [3.63, 3.8) is 0 Å². The van der Waals surface area contributed by atoms with Gasteiger partial charge in [0.2, 0.25) is 0 Å². The van der Waals surface area contributed by atoms with Gasteiger partial charge in [-0.15, -0.1) is 12.4 Å². The zero-order valence-electron chi connectivity index (χ0n) is 8.99. The van der Waals surface area contributed by atoms with E-state index in [0.29, 0.717) is 12.1 Å². The summed E-state index contributed by atoms with van der Waals surface area (Å²) in [6.07, 6.45) is 0. The van der Waals surface area contributed by atoms with Crippen molar-refractivity contribution in [3.8, 4) is 0 Å². The minimum absolute atomic E-state index is 0. The first-order valence-electron chi connectivity index (χ1n) is 4.98. The van der Waals surface area contributed by atoms with Gasteiger partial charge in [0.25, 0.3) is 0 Å². The molecule has 0 aromatic heterocycles. The third-order valence-electron chi connectivity index (χ3n) is 2.29. The number of rotatable bonds is 3. The summed E-state index contributed by atoms with van der Waals surface area (Å²) in [5.41, 5.74) is 1.36. The second-order valence-electron chi connectivity index (χ2n) is 3.45. The lowest BCUT2D eigenvalue weighted by atomic mass is 10.2. The molecule has 0 aliphatic rings. The molecule has 0 atom stereocenters. The molecule has 0 unspecified atom stereocenters.